The molecule has 0 saturated carbocycles. The fourth-order valence-electron chi connectivity index (χ4n) is 2.89. The number of benzene rings is 3. The van der Waals surface area contributed by atoms with Crippen molar-refractivity contribution < 1.29 is 13.2 Å². The summed E-state index contributed by atoms with van der Waals surface area (Å²) in [4.78, 5) is 0. The molecular formula is C22H15F3N2S. The van der Waals surface area contributed by atoms with E-state index in [0.717, 1.165) is 28.1 Å². The minimum atomic E-state index is -4.33. The maximum atomic E-state index is 12.8. The summed E-state index contributed by atoms with van der Waals surface area (Å²) in [5.74, 6) is 0.397. The highest BCUT2D eigenvalue weighted by atomic mass is 32.2. The molecule has 0 atom stereocenters. The van der Waals surface area contributed by atoms with Crippen LogP contribution >= 0.6 is 11.8 Å². The molecule has 6 heteroatoms. The molecule has 0 spiro atoms. The van der Waals surface area contributed by atoms with Gasteiger partial charge in [0.2, 0.25) is 0 Å². The largest absolute Gasteiger partial charge is 0.416 e. The quantitative estimate of drug-likeness (QED) is 0.363. The van der Waals surface area contributed by atoms with Gasteiger partial charge in [-0.2, -0.15) is 13.2 Å². The highest BCUT2D eigenvalue weighted by molar-refractivity contribution is 7.98. The normalized spacial score (nSPS) is 11.7. The van der Waals surface area contributed by atoms with Gasteiger partial charge in [-0.1, -0.05) is 66.4 Å². The van der Waals surface area contributed by atoms with Crippen molar-refractivity contribution in [2.24, 2.45) is 0 Å². The van der Waals surface area contributed by atoms with E-state index in [1.54, 1.807) is 6.07 Å². The number of rotatable bonds is 4. The molecule has 0 bridgehead atoms. The van der Waals surface area contributed by atoms with Gasteiger partial charge >= 0.3 is 6.18 Å². The topological polar surface area (TPSA) is 25.8 Å². The molecule has 1 aromatic heterocycles. The van der Waals surface area contributed by atoms with Crippen molar-refractivity contribution in [2.45, 2.75) is 17.0 Å². The second-order valence-corrected chi connectivity index (χ2v) is 7.30. The van der Waals surface area contributed by atoms with E-state index in [2.05, 4.69) is 22.3 Å². The highest BCUT2D eigenvalue weighted by Gasteiger charge is 2.30. The molecule has 28 heavy (non-hydrogen) atoms. The zero-order valence-corrected chi connectivity index (χ0v) is 15.5. The Morgan fingerprint density at radius 2 is 1.57 bits per heavy atom. The molecule has 0 saturated heterocycles. The van der Waals surface area contributed by atoms with Crippen LogP contribution in [0, 0.1) is 0 Å². The van der Waals surface area contributed by atoms with Gasteiger partial charge in [0.1, 0.15) is 5.03 Å². The Bertz CT molecular complexity index is 1110. The third-order valence-electron chi connectivity index (χ3n) is 4.33. The summed E-state index contributed by atoms with van der Waals surface area (Å²) in [6.45, 7) is 0. The van der Waals surface area contributed by atoms with Crippen molar-refractivity contribution in [1.29, 1.82) is 0 Å². The smallest absolute Gasteiger partial charge is 0.166 e. The highest BCUT2D eigenvalue weighted by Crippen LogP contribution is 2.31. The Morgan fingerprint density at radius 1 is 0.750 bits per heavy atom. The van der Waals surface area contributed by atoms with E-state index < -0.39 is 11.7 Å². The minimum Gasteiger partial charge on any atom is -0.166 e. The molecular weight excluding hydrogens is 381 g/mol. The molecule has 0 N–H and O–H groups in total. The zero-order chi connectivity index (χ0) is 19.6. The number of fused-ring (bicyclic) bond motifs is 1. The molecule has 0 amide bonds. The SMILES string of the molecule is FC(F)(F)c1cccc(CSc2ccc(-c3ccc4ccccc4c3)nn2)c1. The van der Waals surface area contributed by atoms with Gasteiger partial charge in [-0.25, -0.2) is 0 Å². The summed E-state index contributed by atoms with van der Waals surface area (Å²) in [6, 6.07) is 23.3. The fourth-order valence-corrected chi connectivity index (χ4v) is 3.65. The van der Waals surface area contributed by atoms with Crippen LogP contribution in [0.5, 0.6) is 0 Å². The lowest BCUT2D eigenvalue weighted by Crippen LogP contribution is -2.04. The van der Waals surface area contributed by atoms with Crippen LogP contribution < -0.4 is 0 Å². The third-order valence-corrected chi connectivity index (χ3v) is 5.32. The van der Waals surface area contributed by atoms with E-state index in [0.29, 0.717) is 16.3 Å². The first-order valence-electron chi connectivity index (χ1n) is 8.61. The van der Waals surface area contributed by atoms with Crippen molar-refractivity contribution in [1.82, 2.24) is 10.2 Å². The van der Waals surface area contributed by atoms with Crippen molar-refractivity contribution in [2.75, 3.05) is 0 Å². The molecule has 140 valence electrons. The minimum absolute atomic E-state index is 0.397. The van der Waals surface area contributed by atoms with Gasteiger partial charge in [-0.05, 0) is 40.6 Å². The van der Waals surface area contributed by atoms with E-state index in [4.69, 9.17) is 0 Å². The Kier molecular flexibility index (Phi) is 5.05. The molecule has 2 nitrogen and oxygen atoms in total. The second kappa shape index (κ2) is 7.64. The first-order chi connectivity index (χ1) is 13.5. The molecule has 3 aromatic carbocycles. The molecule has 0 radical (unpaired) electrons. The van der Waals surface area contributed by atoms with E-state index in [1.807, 2.05) is 42.5 Å². The second-order valence-electron chi connectivity index (χ2n) is 6.31. The van der Waals surface area contributed by atoms with Crippen molar-refractivity contribution in [3.63, 3.8) is 0 Å². The fraction of sp³-hybridized carbons (Fsp3) is 0.0909. The summed E-state index contributed by atoms with van der Waals surface area (Å²) in [6.07, 6.45) is -4.33. The Labute approximate surface area is 164 Å². The standard InChI is InChI=1S/C22H15F3N2S/c23-22(24,25)19-7-3-4-15(12-19)14-28-21-11-10-20(26-27-21)18-9-8-16-5-1-2-6-17(16)13-18/h1-13H,14H2. The van der Waals surface area contributed by atoms with Crippen LogP contribution in [0.4, 0.5) is 13.2 Å². The Hall–Kier alpha value is -2.86. The lowest BCUT2D eigenvalue weighted by atomic mass is 10.1. The van der Waals surface area contributed by atoms with Crippen LogP contribution in [0.15, 0.2) is 83.9 Å². The maximum absolute atomic E-state index is 12.8. The average molecular weight is 396 g/mol. The number of aromatic nitrogens is 2. The van der Waals surface area contributed by atoms with Gasteiger partial charge in [0.25, 0.3) is 0 Å². The van der Waals surface area contributed by atoms with Gasteiger partial charge in [0, 0.05) is 11.3 Å². The van der Waals surface area contributed by atoms with Crippen molar-refractivity contribution in [3.8, 4) is 11.3 Å². The first kappa shape index (κ1) is 18.5. The Balaban J connectivity index is 1.47. The number of alkyl halides is 3. The average Bonchev–Trinajstić information content (AvgIpc) is 2.72. The number of halogens is 3. The van der Waals surface area contributed by atoms with E-state index >= 15 is 0 Å². The molecule has 0 aliphatic heterocycles. The lowest BCUT2D eigenvalue weighted by molar-refractivity contribution is -0.137. The molecule has 0 unspecified atom stereocenters. The van der Waals surface area contributed by atoms with Crippen LogP contribution in [0.2, 0.25) is 0 Å². The first-order valence-corrected chi connectivity index (χ1v) is 9.59. The summed E-state index contributed by atoms with van der Waals surface area (Å²) in [5.41, 5.74) is 1.69. The van der Waals surface area contributed by atoms with Crippen LogP contribution in [0.1, 0.15) is 11.1 Å². The van der Waals surface area contributed by atoms with Gasteiger partial charge < -0.3 is 0 Å². The van der Waals surface area contributed by atoms with Gasteiger partial charge in [0.05, 0.1) is 11.3 Å². The molecule has 0 fully saturated rings. The molecule has 4 rings (SSSR count). The summed E-state index contributed by atoms with van der Waals surface area (Å²) in [7, 11) is 0. The number of thioether (sulfide) groups is 1. The monoisotopic (exact) mass is 396 g/mol. The number of hydrogen-bond acceptors (Lipinski definition) is 3. The summed E-state index contributed by atoms with van der Waals surface area (Å²) >= 11 is 1.36. The van der Waals surface area contributed by atoms with Crippen LogP contribution in [-0.4, -0.2) is 10.2 Å². The van der Waals surface area contributed by atoms with Gasteiger partial charge in [0.15, 0.2) is 0 Å². The zero-order valence-electron chi connectivity index (χ0n) is 14.6. The number of hydrogen-bond donors (Lipinski definition) is 0. The summed E-state index contributed by atoms with van der Waals surface area (Å²) < 4.78 is 38.4. The Morgan fingerprint density at radius 3 is 2.32 bits per heavy atom. The molecule has 0 aliphatic rings. The number of nitrogens with zero attached hydrogens (tertiary/aromatic N) is 2. The van der Waals surface area contributed by atoms with E-state index in [9.17, 15) is 13.2 Å². The lowest BCUT2D eigenvalue weighted by Gasteiger charge is -2.08. The van der Waals surface area contributed by atoms with Crippen LogP contribution in [-0.2, 0) is 11.9 Å². The van der Waals surface area contributed by atoms with E-state index in [1.165, 1.54) is 23.9 Å². The van der Waals surface area contributed by atoms with Gasteiger partial charge in [-0.15, -0.1) is 10.2 Å². The van der Waals surface area contributed by atoms with Crippen molar-refractivity contribution in [3.05, 3.63) is 90.0 Å². The molecule has 0 aliphatic carbocycles. The van der Waals surface area contributed by atoms with Crippen LogP contribution in [0.3, 0.4) is 0 Å². The third kappa shape index (κ3) is 4.17. The predicted molar refractivity (Wildman–Crippen MR) is 106 cm³/mol. The van der Waals surface area contributed by atoms with Gasteiger partial charge in [-0.3, -0.25) is 0 Å². The van der Waals surface area contributed by atoms with E-state index in [-0.39, 0.29) is 0 Å². The molecule has 1 heterocycles. The summed E-state index contributed by atoms with van der Waals surface area (Å²) in [5, 5.41) is 11.4. The van der Waals surface area contributed by atoms with Crippen molar-refractivity contribution >= 4 is 22.5 Å². The predicted octanol–water partition coefficient (Wildman–Crippen LogP) is 6.61. The van der Waals surface area contributed by atoms with Crippen LogP contribution in [0.25, 0.3) is 22.0 Å². The molecule has 4 aromatic rings. The maximum Gasteiger partial charge on any atom is 0.416 e.